The highest BCUT2D eigenvalue weighted by Gasteiger charge is 2.17. The largest absolute Gasteiger partial charge is 0.480 e. The summed E-state index contributed by atoms with van der Waals surface area (Å²) in [6.07, 6.45) is 0.263. The van der Waals surface area contributed by atoms with Crippen molar-refractivity contribution in [3.8, 4) is 0 Å². The predicted octanol–water partition coefficient (Wildman–Crippen LogP) is 1.26. The van der Waals surface area contributed by atoms with Crippen LogP contribution in [0.3, 0.4) is 0 Å². The van der Waals surface area contributed by atoms with Gasteiger partial charge >= 0.3 is 12.0 Å². The summed E-state index contributed by atoms with van der Waals surface area (Å²) in [6, 6.07) is 4.24. The van der Waals surface area contributed by atoms with E-state index in [2.05, 4.69) is 10.6 Å². The van der Waals surface area contributed by atoms with Gasteiger partial charge in [0.1, 0.15) is 6.04 Å². The molecule has 0 aliphatic carbocycles. The highest BCUT2D eigenvalue weighted by Crippen LogP contribution is 2.12. The number of carboxylic acid groups (broad SMARTS) is 1. The first-order valence-electron chi connectivity index (χ1n) is 5.94. The molecule has 1 aromatic carbocycles. The van der Waals surface area contributed by atoms with Crippen LogP contribution in [-0.4, -0.2) is 28.1 Å². The molecule has 1 rings (SSSR count). The Morgan fingerprint density at radius 3 is 2.70 bits per heavy atom. The summed E-state index contributed by atoms with van der Waals surface area (Å²) in [7, 11) is 0. The van der Waals surface area contributed by atoms with Gasteiger partial charge in [0.05, 0.1) is 4.92 Å². The number of nitro benzene ring substituents is 1. The molecule has 0 saturated heterocycles. The first-order valence-corrected chi connectivity index (χ1v) is 5.94. The second-order valence-corrected chi connectivity index (χ2v) is 4.05. The number of nitrogens with one attached hydrogen (secondary N) is 2. The fourth-order valence-electron chi connectivity index (χ4n) is 1.51. The molecule has 0 unspecified atom stereocenters. The number of nitrogens with zero attached hydrogens (tertiary/aromatic N) is 1. The van der Waals surface area contributed by atoms with E-state index in [-0.39, 0.29) is 18.7 Å². The van der Waals surface area contributed by atoms with Crippen molar-refractivity contribution in [2.75, 3.05) is 0 Å². The zero-order valence-electron chi connectivity index (χ0n) is 10.8. The van der Waals surface area contributed by atoms with Crippen molar-refractivity contribution < 1.29 is 19.6 Å². The summed E-state index contributed by atoms with van der Waals surface area (Å²) in [4.78, 5) is 32.3. The van der Waals surface area contributed by atoms with Crippen molar-refractivity contribution >= 4 is 17.7 Å². The van der Waals surface area contributed by atoms with Gasteiger partial charge in [0.25, 0.3) is 5.69 Å². The normalized spacial score (nSPS) is 11.4. The lowest BCUT2D eigenvalue weighted by Crippen LogP contribution is -2.45. The molecule has 108 valence electrons. The Bertz CT molecular complexity index is 518. The summed E-state index contributed by atoms with van der Waals surface area (Å²) in [6.45, 7) is 1.71. The lowest BCUT2D eigenvalue weighted by molar-refractivity contribution is -0.384. The topological polar surface area (TPSA) is 122 Å². The van der Waals surface area contributed by atoms with E-state index >= 15 is 0 Å². The second kappa shape index (κ2) is 7.07. The van der Waals surface area contributed by atoms with Gasteiger partial charge in [-0.1, -0.05) is 19.1 Å². The molecule has 0 heterocycles. The number of hydrogen-bond acceptors (Lipinski definition) is 4. The van der Waals surface area contributed by atoms with Crippen molar-refractivity contribution in [3.05, 3.63) is 39.9 Å². The third-order valence-corrected chi connectivity index (χ3v) is 2.59. The van der Waals surface area contributed by atoms with Gasteiger partial charge in [-0.3, -0.25) is 10.1 Å². The average Bonchev–Trinajstić information content (AvgIpc) is 2.42. The van der Waals surface area contributed by atoms with E-state index in [1.807, 2.05) is 0 Å². The van der Waals surface area contributed by atoms with E-state index in [9.17, 15) is 19.7 Å². The predicted molar refractivity (Wildman–Crippen MR) is 70.2 cm³/mol. The minimum atomic E-state index is -1.11. The van der Waals surface area contributed by atoms with Crippen LogP contribution < -0.4 is 10.6 Å². The van der Waals surface area contributed by atoms with Gasteiger partial charge in [-0.15, -0.1) is 0 Å². The van der Waals surface area contributed by atoms with E-state index in [1.165, 1.54) is 18.2 Å². The van der Waals surface area contributed by atoms with Gasteiger partial charge in [-0.25, -0.2) is 9.59 Å². The molecule has 0 aromatic heterocycles. The number of aliphatic carboxylic acids is 1. The highest BCUT2D eigenvalue weighted by atomic mass is 16.6. The standard InChI is InChI=1S/C12H15N3O5/c1-2-10(11(16)17)14-12(18)13-7-8-4-3-5-9(6-8)15(19)20/h3-6,10H,2,7H2,1H3,(H,16,17)(H2,13,14,18)/t10-/m0/s1. The van der Waals surface area contributed by atoms with E-state index in [0.29, 0.717) is 5.56 Å². The van der Waals surface area contributed by atoms with Crippen LogP contribution in [-0.2, 0) is 11.3 Å². The summed E-state index contributed by atoms with van der Waals surface area (Å²) >= 11 is 0. The van der Waals surface area contributed by atoms with Crippen molar-refractivity contribution in [1.82, 2.24) is 10.6 Å². The molecular formula is C12H15N3O5. The number of nitro groups is 1. The minimum absolute atomic E-state index is 0.0679. The van der Waals surface area contributed by atoms with E-state index < -0.39 is 23.0 Å². The number of rotatable bonds is 6. The molecule has 2 amide bonds. The highest BCUT2D eigenvalue weighted by molar-refractivity contribution is 5.82. The van der Waals surface area contributed by atoms with Crippen LogP contribution in [0.25, 0.3) is 0 Å². The van der Waals surface area contributed by atoms with Gasteiger partial charge < -0.3 is 15.7 Å². The summed E-state index contributed by atoms with van der Waals surface area (Å²) in [5.74, 6) is -1.11. The van der Waals surface area contributed by atoms with Crippen LogP contribution in [0.5, 0.6) is 0 Å². The molecule has 0 radical (unpaired) electrons. The summed E-state index contributed by atoms with van der Waals surface area (Å²) in [5, 5.41) is 24.1. The fraction of sp³-hybridized carbons (Fsp3) is 0.333. The third-order valence-electron chi connectivity index (χ3n) is 2.59. The van der Waals surface area contributed by atoms with Crippen LogP contribution in [0, 0.1) is 10.1 Å². The second-order valence-electron chi connectivity index (χ2n) is 4.05. The SMILES string of the molecule is CC[C@H](NC(=O)NCc1cccc([N+](=O)[O-])c1)C(=O)O. The van der Waals surface area contributed by atoms with E-state index in [0.717, 1.165) is 0 Å². The number of carbonyl (C=O) groups excluding carboxylic acids is 1. The number of non-ortho nitro benzene ring substituents is 1. The van der Waals surface area contributed by atoms with Crippen molar-refractivity contribution in [2.45, 2.75) is 25.9 Å². The summed E-state index contributed by atoms with van der Waals surface area (Å²) in [5.41, 5.74) is 0.486. The van der Waals surface area contributed by atoms with Gasteiger partial charge in [0.15, 0.2) is 0 Å². The fourth-order valence-corrected chi connectivity index (χ4v) is 1.51. The molecule has 0 bridgehead atoms. The molecule has 0 saturated carbocycles. The Labute approximate surface area is 114 Å². The Kier molecular flexibility index (Phi) is 5.45. The molecule has 0 aliphatic rings. The van der Waals surface area contributed by atoms with Gasteiger partial charge in [0.2, 0.25) is 0 Å². The molecule has 1 atom stereocenters. The Hall–Kier alpha value is -2.64. The monoisotopic (exact) mass is 281 g/mol. The lowest BCUT2D eigenvalue weighted by Gasteiger charge is -2.13. The maximum atomic E-state index is 11.5. The first-order chi connectivity index (χ1) is 9.43. The maximum Gasteiger partial charge on any atom is 0.326 e. The van der Waals surface area contributed by atoms with Crippen LogP contribution in [0.1, 0.15) is 18.9 Å². The lowest BCUT2D eigenvalue weighted by atomic mass is 10.2. The Balaban J connectivity index is 2.54. The molecule has 0 fully saturated rings. The van der Waals surface area contributed by atoms with Crippen molar-refractivity contribution in [1.29, 1.82) is 0 Å². The van der Waals surface area contributed by atoms with Gasteiger partial charge in [-0.2, -0.15) is 0 Å². The molecule has 0 spiro atoms. The number of amides is 2. The Morgan fingerprint density at radius 1 is 1.45 bits per heavy atom. The molecule has 1 aromatic rings. The maximum absolute atomic E-state index is 11.5. The number of carbonyl (C=O) groups is 2. The van der Waals surface area contributed by atoms with Crippen LogP contribution >= 0.6 is 0 Å². The van der Waals surface area contributed by atoms with Crippen LogP contribution in [0.15, 0.2) is 24.3 Å². The number of urea groups is 1. The van der Waals surface area contributed by atoms with E-state index in [4.69, 9.17) is 5.11 Å². The summed E-state index contributed by atoms with van der Waals surface area (Å²) < 4.78 is 0. The molecule has 0 aliphatic heterocycles. The molecule has 20 heavy (non-hydrogen) atoms. The molecule has 8 nitrogen and oxygen atoms in total. The zero-order valence-corrected chi connectivity index (χ0v) is 10.8. The Morgan fingerprint density at radius 2 is 2.15 bits per heavy atom. The smallest absolute Gasteiger partial charge is 0.326 e. The minimum Gasteiger partial charge on any atom is -0.480 e. The van der Waals surface area contributed by atoms with E-state index in [1.54, 1.807) is 13.0 Å². The van der Waals surface area contributed by atoms with Gasteiger partial charge in [0, 0.05) is 18.7 Å². The quantitative estimate of drug-likeness (QED) is 0.535. The van der Waals surface area contributed by atoms with Crippen LogP contribution in [0.4, 0.5) is 10.5 Å². The van der Waals surface area contributed by atoms with Crippen molar-refractivity contribution in [2.24, 2.45) is 0 Å². The first kappa shape index (κ1) is 15.4. The number of carboxylic acids is 1. The molecular weight excluding hydrogens is 266 g/mol. The molecule has 3 N–H and O–H groups in total. The molecule has 8 heteroatoms. The number of hydrogen-bond donors (Lipinski definition) is 3. The number of benzene rings is 1. The third kappa shape index (κ3) is 4.56. The zero-order chi connectivity index (χ0) is 15.1. The van der Waals surface area contributed by atoms with Gasteiger partial charge in [-0.05, 0) is 12.0 Å². The van der Waals surface area contributed by atoms with Crippen LogP contribution in [0.2, 0.25) is 0 Å². The average molecular weight is 281 g/mol. The van der Waals surface area contributed by atoms with Crippen molar-refractivity contribution in [3.63, 3.8) is 0 Å².